The maximum absolute atomic E-state index is 13.3. The molecule has 150 valence electrons. The van der Waals surface area contributed by atoms with Crippen molar-refractivity contribution in [3.8, 4) is 0 Å². The zero-order valence-electron chi connectivity index (χ0n) is 15.6. The van der Waals surface area contributed by atoms with E-state index in [1.54, 1.807) is 36.4 Å². The molecule has 0 aliphatic rings. The lowest BCUT2D eigenvalue weighted by atomic mass is 10.3. The number of halogens is 1. The van der Waals surface area contributed by atoms with Gasteiger partial charge in [0.05, 0.1) is 10.6 Å². The molecular formula is C21H19FN2O3S2. The molecule has 0 aliphatic carbocycles. The fourth-order valence-corrected chi connectivity index (χ4v) is 4.58. The third kappa shape index (κ3) is 5.16. The minimum absolute atomic E-state index is 0.0431. The molecule has 0 saturated heterocycles. The van der Waals surface area contributed by atoms with Crippen molar-refractivity contribution in [1.82, 2.24) is 0 Å². The van der Waals surface area contributed by atoms with E-state index >= 15 is 0 Å². The molecule has 1 N–H and O–H groups in total. The number of hydrogen-bond donors (Lipinski definition) is 1. The molecular weight excluding hydrogens is 411 g/mol. The van der Waals surface area contributed by atoms with Gasteiger partial charge in [-0.2, -0.15) is 0 Å². The van der Waals surface area contributed by atoms with Crippen LogP contribution in [0.5, 0.6) is 0 Å². The molecule has 0 fully saturated rings. The molecule has 3 aromatic carbocycles. The molecule has 0 heterocycles. The van der Waals surface area contributed by atoms with Crippen LogP contribution < -0.4 is 9.62 Å². The summed E-state index contributed by atoms with van der Waals surface area (Å²) in [7, 11) is -4.02. The van der Waals surface area contributed by atoms with Crippen molar-refractivity contribution in [3.05, 3.63) is 84.7 Å². The molecule has 3 aromatic rings. The summed E-state index contributed by atoms with van der Waals surface area (Å²) in [6.07, 6.45) is 1.92. The van der Waals surface area contributed by atoms with Gasteiger partial charge in [-0.05, 0) is 60.9 Å². The number of amides is 1. The third-order valence-electron chi connectivity index (χ3n) is 4.09. The monoisotopic (exact) mass is 430 g/mol. The highest BCUT2D eigenvalue weighted by Crippen LogP contribution is 2.24. The third-order valence-corrected chi connectivity index (χ3v) is 6.60. The number of rotatable bonds is 7. The quantitative estimate of drug-likeness (QED) is 0.565. The summed E-state index contributed by atoms with van der Waals surface area (Å²) in [5.41, 5.74) is 0.765. The topological polar surface area (TPSA) is 66.5 Å². The van der Waals surface area contributed by atoms with Gasteiger partial charge in [-0.15, -0.1) is 11.8 Å². The van der Waals surface area contributed by atoms with E-state index in [9.17, 15) is 17.6 Å². The first-order chi connectivity index (χ1) is 13.9. The Morgan fingerprint density at radius 1 is 1.00 bits per heavy atom. The summed E-state index contributed by atoms with van der Waals surface area (Å²) in [4.78, 5) is 13.7. The second-order valence-electron chi connectivity index (χ2n) is 6.08. The zero-order chi connectivity index (χ0) is 20.9. The van der Waals surface area contributed by atoms with Crippen LogP contribution in [0.2, 0.25) is 0 Å². The van der Waals surface area contributed by atoms with Gasteiger partial charge in [-0.25, -0.2) is 12.8 Å². The number of nitrogens with zero attached hydrogens (tertiary/aromatic N) is 1. The maximum Gasteiger partial charge on any atom is 0.264 e. The van der Waals surface area contributed by atoms with E-state index in [-0.39, 0.29) is 10.6 Å². The molecule has 1 amide bonds. The van der Waals surface area contributed by atoms with Crippen LogP contribution in [-0.2, 0) is 14.8 Å². The number of thioether (sulfide) groups is 1. The second-order valence-corrected chi connectivity index (χ2v) is 8.82. The number of nitrogens with one attached hydrogen (secondary N) is 1. The summed E-state index contributed by atoms with van der Waals surface area (Å²) in [6.45, 7) is -0.452. The molecule has 0 atom stereocenters. The van der Waals surface area contributed by atoms with Crippen molar-refractivity contribution in [2.24, 2.45) is 0 Å². The molecule has 0 aliphatic heterocycles. The first-order valence-corrected chi connectivity index (χ1v) is 11.3. The lowest BCUT2D eigenvalue weighted by Gasteiger charge is -2.24. The van der Waals surface area contributed by atoms with Crippen molar-refractivity contribution in [1.29, 1.82) is 0 Å². The van der Waals surface area contributed by atoms with E-state index in [0.717, 1.165) is 21.3 Å². The molecule has 0 unspecified atom stereocenters. The number of anilines is 2. The van der Waals surface area contributed by atoms with E-state index in [2.05, 4.69) is 5.32 Å². The first kappa shape index (κ1) is 20.9. The Balaban J connectivity index is 1.91. The predicted molar refractivity (Wildman–Crippen MR) is 114 cm³/mol. The van der Waals surface area contributed by atoms with Gasteiger partial charge in [0, 0.05) is 10.6 Å². The van der Waals surface area contributed by atoms with Crippen molar-refractivity contribution >= 4 is 39.1 Å². The van der Waals surface area contributed by atoms with Crippen LogP contribution in [0.4, 0.5) is 15.8 Å². The van der Waals surface area contributed by atoms with Crippen LogP contribution in [0.1, 0.15) is 0 Å². The highest BCUT2D eigenvalue weighted by molar-refractivity contribution is 7.98. The SMILES string of the molecule is CSc1cccc(NC(=O)CN(c2ccc(F)cc2)S(=O)(=O)c2ccccc2)c1. The van der Waals surface area contributed by atoms with E-state index < -0.39 is 28.3 Å². The molecule has 5 nitrogen and oxygen atoms in total. The summed E-state index contributed by atoms with van der Waals surface area (Å²) in [5, 5.41) is 2.72. The number of carbonyl (C=O) groups is 1. The Morgan fingerprint density at radius 2 is 1.69 bits per heavy atom. The minimum Gasteiger partial charge on any atom is -0.324 e. The Bertz CT molecular complexity index is 1090. The first-order valence-electron chi connectivity index (χ1n) is 8.67. The molecule has 29 heavy (non-hydrogen) atoms. The van der Waals surface area contributed by atoms with Crippen LogP contribution in [-0.4, -0.2) is 27.1 Å². The molecule has 8 heteroatoms. The molecule has 0 radical (unpaired) electrons. The molecule has 3 rings (SSSR count). The van der Waals surface area contributed by atoms with Crippen LogP contribution in [0.15, 0.2) is 88.7 Å². The van der Waals surface area contributed by atoms with Gasteiger partial charge in [0.25, 0.3) is 10.0 Å². The second kappa shape index (κ2) is 9.11. The maximum atomic E-state index is 13.3. The van der Waals surface area contributed by atoms with Crippen molar-refractivity contribution in [2.75, 3.05) is 22.4 Å². The van der Waals surface area contributed by atoms with E-state index in [0.29, 0.717) is 5.69 Å². The van der Waals surface area contributed by atoms with E-state index in [1.807, 2.05) is 12.3 Å². The highest BCUT2D eigenvalue weighted by Gasteiger charge is 2.27. The van der Waals surface area contributed by atoms with E-state index in [1.165, 1.54) is 36.0 Å². The highest BCUT2D eigenvalue weighted by atomic mass is 32.2. The molecule has 0 saturated carbocycles. The normalized spacial score (nSPS) is 11.1. The smallest absolute Gasteiger partial charge is 0.264 e. The summed E-state index contributed by atoms with van der Waals surface area (Å²) in [6, 6.07) is 20.0. The summed E-state index contributed by atoms with van der Waals surface area (Å²) in [5.74, 6) is -1.00. The van der Waals surface area contributed by atoms with Crippen molar-refractivity contribution in [2.45, 2.75) is 9.79 Å². The lowest BCUT2D eigenvalue weighted by Crippen LogP contribution is -2.38. The van der Waals surface area contributed by atoms with Crippen molar-refractivity contribution < 1.29 is 17.6 Å². The average molecular weight is 431 g/mol. The van der Waals surface area contributed by atoms with Crippen LogP contribution in [0, 0.1) is 5.82 Å². The van der Waals surface area contributed by atoms with Gasteiger partial charge < -0.3 is 5.32 Å². The van der Waals surface area contributed by atoms with E-state index in [4.69, 9.17) is 0 Å². The molecule has 0 aromatic heterocycles. The molecule has 0 bridgehead atoms. The fourth-order valence-electron chi connectivity index (χ4n) is 2.67. The average Bonchev–Trinajstić information content (AvgIpc) is 2.73. The van der Waals surface area contributed by atoms with Crippen LogP contribution >= 0.6 is 11.8 Å². The Morgan fingerprint density at radius 3 is 2.34 bits per heavy atom. The van der Waals surface area contributed by atoms with Gasteiger partial charge in [-0.1, -0.05) is 24.3 Å². The van der Waals surface area contributed by atoms with Gasteiger partial charge in [0.2, 0.25) is 5.91 Å². The fraction of sp³-hybridized carbons (Fsp3) is 0.0952. The Labute approximate surface area is 173 Å². The predicted octanol–water partition coefficient (Wildman–Crippen LogP) is 4.38. The van der Waals surface area contributed by atoms with Gasteiger partial charge >= 0.3 is 0 Å². The minimum atomic E-state index is -4.02. The zero-order valence-corrected chi connectivity index (χ0v) is 17.2. The lowest BCUT2D eigenvalue weighted by molar-refractivity contribution is -0.114. The largest absolute Gasteiger partial charge is 0.324 e. The standard InChI is InChI=1S/C21H19FN2O3S2/c1-28-19-7-5-6-17(14-19)23-21(25)15-24(18-12-10-16(22)11-13-18)29(26,27)20-8-3-2-4-9-20/h2-14H,15H2,1H3,(H,23,25). The number of benzene rings is 3. The Kier molecular flexibility index (Phi) is 6.56. The van der Waals surface area contributed by atoms with Gasteiger partial charge in [0.15, 0.2) is 0 Å². The van der Waals surface area contributed by atoms with Crippen molar-refractivity contribution in [3.63, 3.8) is 0 Å². The van der Waals surface area contributed by atoms with Gasteiger partial charge in [-0.3, -0.25) is 9.10 Å². The number of carbonyl (C=O) groups excluding carboxylic acids is 1. The van der Waals surface area contributed by atoms with Gasteiger partial charge in [0.1, 0.15) is 12.4 Å². The van der Waals surface area contributed by atoms with Crippen LogP contribution in [0.25, 0.3) is 0 Å². The summed E-state index contributed by atoms with van der Waals surface area (Å²) < 4.78 is 40.6. The summed E-state index contributed by atoms with van der Waals surface area (Å²) >= 11 is 1.53. The number of hydrogen-bond acceptors (Lipinski definition) is 4. The molecule has 0 spiro atoms. The Hall–Kier alpha value is -2.84. The number of sulfonamides is 1. The van der Waals surface area contributed by atoms with Crippen LogP contribution in [0.3, 0.4) is 0 Å².